The number of nitrogens with one attached hydrogen (secondary N) is 1. The summed E-state index contributed by atoms with van der Waals surface area (Å²) in [5.41, 5.74) is 12.8. The lowest BCUT2D eigenvalue weighted by Crippen LogP contribution is -2.24. The van der Waals surface area contributed by atoms with Crippen molar-refractivity contribution in [2.75, 3.05) is 12.4 Å². The number of hydrogen-bond donors (Lipinski definition) is 3. The molecule has 0 spiro atoms. The molecule has 0 aliphatic rings. The lowest BCUT2D eigenvalue weighted by molar-refractivity contribution is 0.415. The molecule has 158 valence electrons. The Labute approximate surface area is 183 Å². The van der Waals surface area contributed by atoms with Gasteiger partial charge in [0.15, 0.2) is 0 Å². The zero-order valence-corrected chi connectivity index (χ0v) is 17.9. The molecule has 0 unspecified atom stereocenters. The zero-order chi connectivity index (χ0) is 22.4. The Hall–Kier alpha value is -3.88. The van der Waals surface area contributed by atoms with Crippen LogP contribution in [0.3, 0.4) is 0 Å². The number of guanidine groups is 1. The molecule has 3 rings (SSSR count). The summed E-state index contributed by atoms with van der Waals surface area (Å²) in [6.07, 6.45) is 1.51. The van der Waals surface area contributed by atoms with Crippen molar-refractivity contribution in [1.82, 2.24) is 4.98 Å². The van der Waals surface area contributed by atoms with E-state index in [2.05, 4.69) is 20.8 Å². The second-order valence-electron chi connectivity index (χ2n) is 6.10. The van der Waals surface area contributed by atoms with E-state index in [9.17, 15) is 13.7 Å². The number of nitrogens with two attached hydrogens (primary N) is 2. The van der Waals surface area contributed by atoms with Gasteiger partial charge in [-0.05, 0) is 48.5 Å². The van der Waals surface area contributed by atoms with Gasteiger partial charge >= 0.3 is 0 Å². The van der Waals surface area contributed by atoms with Gasteiger partial charge in [-0.2, -0.15) is 13.7 Å². The number of allylic oxidation sites excluding steroid dienone is 1. The zero-order valence-electron chi connectivity index (χ0n) is 16.3. The molecule has 0 radical (unpaired) electrons. The highest BCUT2D eigenvalue weighted by Crippen LogP contribution is 2.27. The summed E-state index contributed by atoms with van der Waals surface area (Å²) < 4.78 is 32.3. The van der Waals surface area contributed by atoms with Crippen molar-refractivity contribution in [3.8, 4) is 23.1 Å². The Morgan fingerprint density at radius 1 is 1.19 bits per heavy atom. The summed E-state index contributed by atoms with van der Waals surface area (Å²) in [6.45, 7) is 0. The fourth-order valence-corrected chi connectivity index (χ4v) is 4.16. The van der Waals surface area contributed by atoms with E-state index < -0.39 is 16.0 Å². The Balaban J connectivity index is 1.76. The van der Waals surface area contributed by atoms with Gasteiger partial charge in [-0.25, -0.2) is 4.98 Å². The summed E-state index contributed by atoms with van der Waals surface area (Å²) >= 11 is 1.34. The number of aromatic nitrogens is 1. The van der Waals surface area contributed by atoms with Crippen LogP contribution in [-0.4, -0.2) is 26.5 Å². The van der Waals surface area contributed by atoms with Crippen molar-refractivity contribution in [3.05, 3.63) is 65.1 Å². The molecule has 0 atom stereocenters. The average Bonchev–Trinajstić information content (AvgIpc) is 3.24. The first-order valence-electron chi connectivity index (χ1n) is 8.75. The molecule has 9 nitrogen and oxygen atoms in total. The molecule has 0 saturated carbocycles. The molecule has 0 fully saturated rings. The van der Waals surface area contributed by atoms with E-state index in [1.807, 2.05) is 29.6 Å². The van der Waals surface area contributed by atoms with Crippen LogP contribution in [0, 0.1) is 11.3 Å². The first kappa shape index (κ1) is 21.8. The van der Waals surface area contributed by atoms with E-state index in [0.717, 1.165) is 17.0 Å². The topological polar surface area (TPSA) is 156 Å². The van der Waals surface area contributed by atoms with Gasteiger partial charge in [-0.1, -0.05) is 0 Å². The van der Waals surface area contributed by atoms with E-state index in [0.29, 0.717) is 16.3 Å². The highest BCUT2D eigenvalue weighted by atomic mass is 32.2. The number of thiazole rings is 1. The molecular formula is C20H18N6O3S2. The maximum absolute atomic E-state index is 12.0. The molecule has 11 heteroatoms. The van der Waals surface area contributed by atoms with Crippen LogP contribution in [0.2, 0.25) is 0 Å². The average molecular weight is 455 g/mol. The van der Waals surface area contributed by atoms with E-state index in [-0.39, 0.29) is 4.90 Å². The highest BCUT2D eigenvalue weighted by molar-refractivity contribution is 7.90. The van der Waals surface area contributed by atoms with Crippen molar-refractivity contribution in [1.29, 1.82) is 5.26 Å². The Bertz CT molecular complexity index is 1270. The van der Waals surface area contributed by atoms with Crippen LogP contribution in [0.25, 0.3) is 16.8 Å². The predicted molar refractivity (Wildman–Crippen MR) is 121 cm³/mol. The summed E-state index contributed by atoms with van der Waals surface area (Å²) in [5, 5.41) is 14.9. The largest absolute Gasteiger partial charge is 0.497 e. The van der Waals surface area contributed by atoms with E-state index in [1.165, 1.54) is 41.8 Å². The SMILES string of the molecule is COc1ccc(-c2csc(C(C#N)=CNc3ccc(S(=O)(=O)N=C(N)N)cc3)n2)cc1. The van der Waals surface area contributed by atoms with Crippen LogP contribution >= 0.6 is 11.3 Å². The van der Waals surface area contributed by atoms with Crippen LogP contribution < -0.4 is 21.5 Å². The predicted octanol–water partition coefficient (Wildman–Crippen LogP) is 2.76. The van der Waals surface area contributed by atoms with Gasteiger partial charge in [0.2, 0.25) is 5.96 Å². The van der Waals surface area contributed by atoms with E-state index in [4.69, 9.17) is 16.2 Å². The molecule has 0 bridgehead atoms. The highest BCUT2D eigenvalue weighted by Gasteiger charge is 2.13. The maximum Gasteiger partial charge on any atom is 0.285 e. The second kappa shape index (κ2) is 9.29. The Morgan fingerprint density at radius 2 is 1.87 bits per heavy atom. The van der Waals surface area contributed by atoms with Gasteiger partial charge in [-0.15, -0.1) is 15.7 Å². The lowest BCUT2D eigenvalue weighted by atomic mass is 10.2. The number of benzene rings is 2. The minimum absolute atomic E-state index is 0.0556. The minimum Gasteiger partial charge on any atom is -0.497 e. The number of hydrogen-bond acceptors (Lipinski definition) is 7. The fourth-order valence-electron chi connectivity index (χ4n) is 2.50. The Kier molecular flexibility index (Phi) is 6.54. The van der Waals surface area contributed by atoms with Gasteiger partial charge < -0.3 is 21.5 Å². The van der Waals surface area contributed by atoms with E-state index in [1.54, 1.807) is 7.11 Å². The number of sulfonamides is 1. The molecule has 2 aromatic carbocycles. The molecule has 1 heterocycles. The third-order valence-electron chi connectivity index (χ3n) is 4.00. The standard InChI is InChI=1S/C20H18N6O3S2/c1-29-16-6-2-13(3-7-16)18-12-30-19(25-18)14(10-21)11-24-15-4-8-17(9-5-15)31(27,28)26-20(22)23/h2-9,11-12,24H,1H3,(H4,22,23,26). The molecule has 1 aromatic heterocycles. The van der Waals surface area contributed by atoms with Crippen LogP contribution in [0.15, 0.2) is 69.4 Å². The number of nitrogens with zero attached hydrogens (tertiary/aromatic N) is 3. The number of anilines is 1. The van der Waals surface area contributed by atoms with Crippen LogP contribution in [0.5, 0.6) is 5.75 Å². The van der Waals surface area contributed by atoms with Crippen LogP contribution in [-0.2, 0) is 10.0 Å². The molecule has 31 heavy (non-hydrogen) atoms. The molecule has 3 aromatic rings. The summed E-state index contributed by atoms with van der Waals surface area (Å²) in [5.74, 6) is 0.208. The first-order chi connectivity index (χ1) is 14.8. The van der Waals surface area contributed by atoms with Crippen molar-refractivity contribution >= 4 is 38.6 Å². The first-order valence-corrected chi connectivity index (χ1v) is 11.1. The van der Waals surface area contributed by atoms with Gasteiger partial charge in [0, 0.05) is 22.8 Å². The second-order valence-corrected chi connectivity index (χ2v) is 8.56. The number of rotatable bonds is 7. The molecule has 0 saturated heterocycles. The van der Waals surface area contributed by atoms with Crippen molar-refractivity contribution < 1.29 is 13.2 Å². The smallest absolute Gasteiger partial charge is 0.285 e. The van der Waals surface area contributed by atoms with Crippen LogP contribution in [0.4, 0.5) is 5.69 Å². The van der Waals surface area contributed by atoms with Crippen LogP contribution in [0.1, 0.15) is 5.01 Å². The normalized spacial score (nSPS) is 11.4. The van der Waals surface area contributed by atoms with Crippen molar-refractivity contribution in [2.45, 2.75) is 4.90 Å². The Morgan fingerprint density at radius 3 is 2.45 bits per heavy atom. The third kappa shape index (κ3) is 5.39. The molecule has 5 N–H and O–H groups in total. The van der Waals surface area contributed by atoms with Gasteiger partial charge in [0.1, 0.15) is 22.4 Å². The third-order valence-corrected chi connectivity index (χ3v) is 6.20. The summed E-state index contributed by atoms with van der Waals surface area (Å²) in [6, 6.07) is 15.4. The van der Waals surface area contributed by atoms with E-state index >= 15 is 0 Å². The van der Waals surface area contributed by atoms with Gasteiger partial charge in [0.25, 0.3) is 10.0 Å². The number of ether oxygens (including phenoxy) is 1. The molecule has 0 amide bonds. The fraction of sp³-hybridized carbons (Fsp3) is 0.0500. The van der Waals surface area contributed by atoms with Gasteiger partial charge in [-0.3, -0.25) is 0 Å². The molecule has 0 aliphatic carbocycles. The quantitative estimate of drug-likeness (QED) is 0.279. The lowest BCUT2D eigenvalue weighted by Gasteiger charge is -2.04. The number of nitriles is 1. The summed E-state index contributed by atoms with van der Waals surface area (Å²) in [7, 11) is -2.36. The monoisotopic (exact) mass is 454 g/mol. The van der Waals surface area contributed by atoms with Crippen molar-refractivity contribution in [3.63, 3.8) is 0 Å². The molecule has 0 aliphatic heterocycles. The molecular weight excluding hydrogens is 436 g/mol. The van der Waals surface area contributed by atoms with Crippen molar-refractivity contribution in [2.24, 2.45) is 15.9 Å². The number of methoxy groups -OCH3 is 1. The summed E-state index contributed by atoms with van der Waals surface area (Å²) in [4.78, 5) is 4.47. The van der Waals surface area contributed by atoms with Gasteiger partial charge in [0.05, 0.1) is 17.7 Å². The maximum atomic E-state index is 12.0. The minimum atomic E-state index is -3.96.